The van der Waals surface area contributed by atoms with Crippen molar-refractivity contribution < 1.29 is 9.47 Å². The van der Waals surface area contributed by atoms with Crippen LogP contribution >= 0.6 is 0 Å². The van der Waals surface area contributed by atoms with Gasteiger partial charge in [-0.2, -0.15) is 0 Å². The molecule has 0 aromatic heterocycles. The average Bonchev–Trinajstić information content (AvgIpc) is 2.66. The standard InChI is InChI=1S/C20H36N4O2/c1-6-21-20(22-14-11-15-24(7-2)8-3)23-16-17(4)26-19-13-10-9-12-18(19)25-5/h9-10,12-13,17H,6-8,11,14-16H2,1-5H3,(H2,21,22,23). The van der Waals surface area contributed by atoms with E-state index in [4.69, 9.17) is 9.47 Å². The van der Waals surface area contributed by atoms with Crippen LogP contribution in [0.25, 0.3) is 0 Å². The highest BCUT2D eigenvalue weighted by atomic mass is 16.5. The Bertz CT molecular complexity index is 518. The van der Waals surface area contributed by atoms with Crippen molar-refractivity contribution in [2.24, 2.45) is 4.99 Å². The molecule has 0 saturated heterocycles. The predicted molar refractivity (Wildman–Crippen MR) is 109 cm³/mol. The molecular weight excluding hydrogens is 328 g/mol. The van der Waals surface area contributed by atoms with E-state index >= 15 is 0 Å². The highest BCUT2D eigenvalue weighted by Crippen LogP contribution is 2.26. The third kappa shape index (κ3) is 8.43. The third-order valence-corrected chi connectivity index (χ3v) is 4.09. The third-order valence-electron chi connectivity index (χ3n) is 4.09. The molecule has 0 aliphatic heterocycles. The summed E-state index contributed by atoms with van der Waals surface area (Å²) < 4.78 is 11.3. The SMILES string of the molecule is CCNC(=NCC(C)Oc1ccccc1OC)NCCCN(CC)CC. The second-order valence-electron chi connectivity index (χ2n) is 6.11. The maximum Gasteiger partial charge on any atom is 0.191 e. The number of guanidine groups is 1. The first-order chi connectivity index (χ1) is 12.6. The second kappa shape index (κ2) is 13.3. The van der Waals surface area contributed by atoms with Crippen molar-refractivity contribution in [2.45, 2.75) is 40.2 Å². The van der Waals surface area contributed by atoms with Crippen LogP contribution in [0.2, 0.25) is 0 Å². The van der Waals surface area contributed by atoms with E-state index in [1.807, 2.05) is 31.2 Å². The molecule has 1 rings (SSSR count). The fourth-order valence-corrected chi connectivity index (χ4v) is 2.58. The van der Waals surface area contributed by atoms with Crippen molar-refractivity contribution in [3.8, 4) is 11.5 Å². The number of hydrogen-bond acceptors (Lipinski definition) is 4. The Kier molecular flexibility index (Phi) is 11.3. The molecule has 6 nitrogen and oxygen atoms in total. The topological polar surface area (TPSA) is 58.1 Å². The lowest BCUT2D eigenvalue weighted by Gasteiger charge is -2.19. The lowest BCUT2D eigenvalue weighted by Crippen LogP contribution is -2.39. The quantitative estimate of drug-likeness (QED) is 0.339. The zero-order valence-corrected chi connectivity index (χ0v) is 17.0. The van der Waals surface area contributed by atoms with Crippen molar-refractivity contribution in [3.05, 3.63) is 24.3 Å². The van der Waals surface area contributed by atoms with Gasteiger partial charge in [-0.05, 0) is 52.0 Å². The number of methoxy groups -OCH3 is 1. The monoisotopic (exact) mass is 364 g/mol. The highest BCUT2D eigenvalue weighted by molar-refractivity contribution is 5.79. The fourth-order valence-electron chi connectivity index (χ4n) is 2.58. The Morgan fingerprint density at radius 3 is 2.42 bits per heavy atom. The highest BCUT2D eigenvalue weighted by Gasteiger charge is 2.08. The van der Waals surface area contributed by atoms with Gasteiger partial charge in [0.05, 0.1) is 13.7 Å². The molecule has 0 spiro atoms. The maximum atomic E-state index is 5.96. The maximum absolute atomic E-state index is 5.96. The normalized spacial score (nSPS) is 12.8. The molecule has 0 bridgehead atoms. The van der Waals surface area contributed by atoms with Crippen LogP contribution in [0.4, 0.5) is 0 Å². The molecule has 0 saturated carbocycles. The summed E-state index contributed by atoms with van der Waals surface area (Å²) in [6, 6.07) is 7.68. The van der Waals surface area contributed by atoms with Gasteiger partial charge in [0.25, 0.3) is 0 Å². The lowest BCUT2D eigenvalue weighted by atomic mass is 10.3. The summed E-state index contributed by atoms with van der Waals surface area (Å²) in [4.78, 5) is 7.06. The average molecular weight is 365 g/mol. The van der Waals surface area contributed by atoms with E-state index in [9.17, 15) is 0 Å². The van der Waals surface area contributed by atoms with Crippen molar-refractivity contribution in [2.75, 3.05) is 46.4 Å². The van der Waals surface area contributed by atoms with Crippen LogP contribution in [-0.4, -0.2) is 63.3 Å². The van der Waals surface area contributed by atoms with Gasteiger partial charge < -0.3 is 25.0 Å². The molecule has 1 unspecified atom stereocenters. The van der Waals surface area contributed by atoms with Gasteiger partial charge in [-0.15, -0.1) is 0 Å². The lowest BCUT2D eigenvalue weighted by molar-refractivity contribution is 0.219. The van der Waals surface area contributed by atoms with Gasteiger partial charge in [-0.25, -0.2) is 4.99 Å². The Morgan fingerprint density at radius 2 is 1.81 bits per heavy atom. The Hall–Kier alpha value is -1.95. The van der Waals surface area contributed by atoms with Crippen LogP contribution in [0.5, 0.6) is 11.5 Å². The van der Waals surface area contributed by atoms with Crippen LogP contribution < -0.4 is 20.1 Å². The van der Waals surface area contributed by atoms with Crippen molar-refractivity contribution in [1.82, 2.24) is 15.5 Å². The molecule has 0 aliphatic rings. The van der Waals surface area contributed by atoms with Gasteiger partial charge in [0.1, 0.15) is 6.10 Å². The zero-order valence-electron chi connectivity index (χ0n) is 17.0. The number of nitrogens with zero attached hydrogens (tertiary/aromatic N) is 2. The molecule has 1 aromatic carbocycles. The van der Waals surface area contributed by atoms with Crippen LogP contribution in [0.15, 0.2) is 29.3 Å². The number of rotatable bonds is 12. The molecule has 26 heavy (non-hydrogen) atoms. The van der Waals surface area contributed by atoms with E-state index in [2.05, 4.69) is 41.3 Å². The molecule has 0 radical (unpaired) electrons. The summed E-state index contributed by atoms with van der Waals surface area (Å²) in [6.07, 6.45) is 1.05. The van der Waals surface area contributed by atoms with E-state index in [1.165, 1.54) is 0 Å². The van der Waals surface area contributed by atoms with E-state index in [0.29, 0.717) is 6.54 Å². The Morgan fingerprint density at radius 1 is 1.12 bits per heavy atom. The van der Waals surface area contributed by atoms with E-state index in [-0.39, 0.29) is 6.10 Å². The van der Waals surface area contributed by atoms with Crippen molar-refractivity contribution >= 4 is 5.96 Å². The van der Waals surface area contributed by atoms with Crippen LogP contribution in [0.1, 0.15) is 34.1 Å². The molecule has 0 heterocycles. The molecule has 0 aliphatic carbocycles. The summed E-state index contributed by atoms with van der Waals surface area (Å²) in [6.45, 7) is 14.1. The van der Waals surface area contributed by atoms with Crippen LogP contribution in [0, 0.1) is 0 Å². The van der Waals surface area contributed by atoms with Crippen molar-refractivity contribution in [3.63, 3.8) is 0 Å². The minimum Gasteiger partial charge on any atom is -0.493 e. The van der Waals surface area contributed by atoms with Gasteiger partial charge in [0, 0.05) is 13.1 Å². The minimum absolute atomic E-state index is 0.0440. The van der Waals surface area contributed by atoms with Crippen LogP contribution in [0.3, 0.4) is 0 Å². The number of nitrogens with one attached hydrogen (secondary N) is 2. The first-order valence-corrected chi connectivity index (χ1v) is 9.68. The number of aliphatic imine (C=N–C) groups is 1. The molecule has 148 valence electrons. The van der Waals surface area contributed by atoms with Crippen molar-refractivity contribution in [1.29, 1.82) is 0 Å². The van der Waals surface area contributed by atoms with E-state index in [1.54, 1.807) is 7.11 Å². The smallest absolute Gasteiger partial charge is 0.191 e. The number of para-hydroxylation sites is 2. The van der Waals surface area contributed by atoms with Gasteiger partial charge in [0.2, 0.25) is 0 Å². The Balaban J connectivity index is 2.46. The number of benzene rings is 1. The van der Waals surface area contributed by atoms with E-state index in [0.717, 1.165) is 56.6 Å². The van der Waals surface area contributed by atoms with Gasteiger partial charge in [-0.1, -0.05) is 26.0 Å². The molecule has 0 amide bonds. The van der Waals surface area contributed by atoms with Gasteiger partial charge >= 0.3 is 0 Å². The number of ether oxygens (including phenoxy) is 2. The second-order valence-corrected chi connectivity index (χ2v) is 6.11. The first kappa shape index (κ1) is 22.1. The number of hydrogen-bond donors (Lipinski definition) is 2. The fraction of sp³-hybridized carbons (Fsp3) is 0.650. The minimum atomic E-state index is -0.0440. The molecular formula is C20H36N4O2. The predicted octanol–water partition coefficient (Wildman–Crippen LogP) is 2.75. The largest absolute Gasteiger partial charge is 0.493 e. The van der Waals surface area contributed by atoms with Crippen LogP contribution in [-0.2, 0) is 0 Å². The molecule has 1 atom stereocenters. The molecule has 2 N–H and O–H groups in total. The first-order valence-electron chi connectivity index (χ1n) is 9.68. The van der Waals surface area contributed by atoms with Gasteiger partial charge in [0.15, 0.2) is 17.5 Å². The van der Waals surface area contributed by atoms with Gasteiger partial charge in [-0.3, -0.25) is 0 Å². The molecule has 6 heteroatoms. The molecule has 0 fully saturated rings. The summed E-state index contributed by atoms with van der Waals surface area (Å²) in [5.74, 6) is 2.32. The zero-order chi connectivity index (χ0) is 19.2. The molecule has 1 aromatic rings. The summed E-state index contributed by atoms with van der Waals surface area (Å²) >= 11 is 0. The summed E-state index contributed by atoms with van der Waals surface area (Å²) in [5, 5.41) is 6.68. The Labute approximate surface area is 159 Å². The summed E-state index contributed by atoms with van der Waals surface area (Å²) in [7, 11) is 1.65. The summed E-state index contributed by atoms with van der Waals surface area (Å²) in [5.41, 5.74) is 0. The van der Waals surface area contributed by atoms with E-state index < -0.39 is 0 Å².